The Morgan fingerprint density at radius 1 is 0.870 bits per heavy atom. The Balaban J connectivity index is 1.76. The lowest BCUT2D eigenvalue weighted by molar-refractivity contribution is -0.160. The van der Waals surface area contributed by atoms with Gasteiger partial charge in [0.1, 0.15) is 11.5 Å². The molecule has 23 heavy (non-hydrogen) atoms. The Kier molecular flexibility index (Phi) is 3.97. The molecule has 0 radical (unpaired) electrons. The Morgan fingerprint density at radius 3 is 1.96 bits per heavy atom. The van der Waals surface area contributed by atoms with Crippen LogP contribution in [0.4, 0.5) is 0 Å². The van der Waals surface area contributed by atoms with Crippen molar-refractivity contribution >= 4 is 28.7 Å². The largest absolute Gasteiger partial charge is 0.461 e. The van der Waals surface area contributed by atoms with Crippen LogP contribution in [0.15, 0.2) is 36.4 Å². The van der Waals surface area contributed by atoms with Gasteiger partial charge in [0.05, 0.1) is 13.0 Å². The number of hydrogen-bond acceptors (Lipinski definition) is 6. The van der Waals surface area contributed by atoms with Crippen LogP contribution in [-0.4, -0.2) is 25.0 Å². The molecule has 0 unspecified atom stereocenters. The van der Waals surface area contributed by atoms with Crippen molar-refractivity contribution in [2.75, 3.05) is 7.11 Å². The summed E-state index contributed by atoms with van der Waals surface area (Å²) in [6.07, 6.45) is 1.78. The number of esters is 3. The molecular weight excluding hydrogens is 300 g/mol. The highest BCUT2D eigenvalue weighted by Crippen LogP contribution is 2.32. The topological polar surface area (TPSA) is 78.9 Å². The van der Waals surface area contributed by atoms with Crippen molar-refractivity contribution in [3.05, 3.63) is 36.4 Å². The Bertz CT molecular complexity index is 791. The van der Waals surface area contributed by atoms with Crippen molar-refractivity contribution in [2.45, 2.75) is 12.8 Å². The summed E-state index contributed by atoms with van der Waals surface area (Å²) in [4.78, 5) is 34.1. The predicted octanol–water partition coefficient (Wildman–Crippen LogP) is 2.23. The van der Waals surface area contributed by atoms with Gasteiger partial charge in [-0.25, -0.2) is 9.59 Å². The quantitative estimate of drug-likeness (QED) is 0.491. The van der Waals surface area contributed by atoms with E-state index in [2.05, 4.69) is 4.74 Å². The molecule has 0 heterocycles. The molecule has 118 valence electrons. The third-order valence-electron chi connectivity index (χ3n) is 3.47. The van der Waals surface area contributed by atoms with Gasteiger partial charge in [-0.05, 0) is 47.9 Å². The molecule has 0 aliphatic heterocycles. The Hall–Kier alpha value is -2.89. The number of fused-ring (bicyclic) bond motifs is 1. The van der Waals surface area contributed by atoms with E-state index in [-0.39, 0.29) is 17.6 Å². The first-order valence-electron chi connectivity index (χ1n) is 7.12. The van der Waals surface area contributed by atoms with E-state index in [1.54, 1.807) is 36.4 Å². The second-order valence-corrected chi connectivity index (χ2v) is 5.25. The minimum absolute atomic E-state index is 0.0332. The molecule has 1 saturated carbocycles. The fourth-order valence-electron chi connectivity index (χ4n) is 2.08. The Labute approximate surface area is 131 Å². The predicted molar refractivity (Wildman–Crippen MR) is 80.0 cm³/mol. The smallest absolute Gasteiger partial charge is 0.422 e. The summed E-state index contributed by atoms with van der Waals surface area (Å²) >= 11 is 0. The summed E-state index contributed by atoms with van der Waals surface area (Å²) in [5, 5.41) is 1.61. The summed E-state index contributed by atoms with van der Waals surface area (Å²) in [5.41, 5.74) is 0. The lowest BCUT2D eigenvalue weighted by Crippen LogP contribution is -2.21. The normalized spacial score (nSPS) is 13.4. The van der Waals surface area contributed by atoms with Crippen molar-refractivity contribution in [3.8, 4) is 11.5 Å². The zero-order valence-corrected chi connectivity index (χ0v) is 12.4. The monoisotopic (exact) mass is 314 g/mol. The molecule has 1 aliphatic carbocycles. The van der Waals surface area contributed by atoms with E-state index in [1.807, 2.05) is 0 Å². The molecule has 0 bridgehead atoms. The highest BCUT2D eigenvalue weighted by molar-refractivity contribution is 6.30. The van der Waals surface area contributed by atoms with E-state index in [0.29, 0.717) is 5.75 Å². The maximum Gasteiger partial charge on any atom is 0.422 e. The second-order valence-electron chi connectivity index (χ2n) is 5.25. The van der Waals surface area contributed by atoms with Crippen LogP contribution in [0.5, 0.6) is 11.5 Å². The van der Waals surface area contributed by atoms with Gasteiger partial charge < -0.3 is 14.2 Å². The van der Waals surface area contributed by atoms with Gasteiger partial charge in [-0.15, -0.1) is 0 Å². The van der Waals surface area contributed by atoms with Gasteiger partial charge in [0.2, 0.25) is 0 Å². The highest BCUT2D eigenvalue weighted by atomic mass is 16.6. The van der Waals surface area contributed by atoms with E-state index in [4.69, 9.17) is 9.47 Å². The van der Waals surface area contributed by atoms with Gasteiger partial charge >= 0.3 is 17.9 Å². The fourth-order valence-corrected chi connectivity index (χ4v) is 2.08. The number of carbonyl (C=O) groups is 3. The lowest BCUT2D eigenvalue weighted by atomic mass is 10.1. The van der Waals surface area contributed by atoms with Crippen molar-refractivity contribution in [1.29, 1.82) is 0 Å². The van der Waals surface area contributed by atoms with E-state index < -0.39 is 11.9 Å². The van der Waals surface area contributed by atoms with Crippen LogP contribution >= 0.6 is 0 Å². The van der Waals surface area contributed by atoms with Crippen molar-refractivity contribution in [2.24, 2.45) is 5.92 Å². The number of ether oxygens (including phenoxy) is 3. The molecule has 0 spiro atoms. The fraction of sp³-hybridized carbons (Fsp3) is 0.235. The van der Waals surface area contributed by atoms with E-state index in [1.165, 1.54) is 0 Å². The highest BCUT2D eigenvalue weighted by Gasteiger charge is 2.31. The molecular formula is C17H14O6. The number of benzene rings is 2. The molecule has 6 nitrogen and oxygen atoms in total. The molecule has 2 aromatic rings. The van der Waals surface area contributed by atoms with Gasteiger partial charge in [0, 0.05) is 0 Å². The first kappa shape index (κ1) is 15.0. The minimum Gasteiger partial charge on any atom is -0.461 e. The average Bonchev–Trinajstić information content (AvgIpc) is 3.39. The summed E-state index contributed by atoms with van der Waals surface area (Å²) in [7, 11) is 1.11. The van der Waals surface area contributed by atoms with Crippen LogP contribution in [0.25, 0.3) is 10.8 Å². The molecule has 1 aliphatic rings. The second kappa shape index (κ2) is 6.08. The van der Waals surface area contributed by atoms with Crippen LogP contribution in [-0.2, 0) is 19.1 Å². The van der Waals surface area contributed by atoms with Gasteiger partial charge in [-0.2, -0.15) is 0 Å². The molecule has 0 N–H and O–H groups in total. The van der Waals surface area contributed by atoms with Crippen LogP contribution in [0.2, 0.25) is 0 Å². The van der Waals surface area contributed by atoms with Gasteiger partial charge in [-0.1, -0.05) is 12.1 Å². The van der Waals surface area contributed by atoms with E-state index in [9.17, 15) is 14.4 Å². The molecule has 0 aromatic heterocycles. The zero-order valence-electron chi connectivity index (χ0n) is 12.4. The summed E-state index contributed by atoms with van der Waals surface area (Å²) < 4.78 is 14.5. The average molecular weight is 314 g/mol. The summed E-state index contributed by atoms with van der Waals surface area (Å²) in [6, 6.07) is 10.0. The van der Waals surface area contributed by atoms with Crippen molar-refractivity contribution < 1.29 is 28.6 Å². The first-order valence-corrected chi connectivity index (χ1v) is 7.12. The number of hydrogen-bond donors (Lipinski definition) is 0. The van der Waals surface area contributed by atoms with Crippen molar-refractivity contribution in [3.63, 3.8) is 0 Å². The summed E-state index contributed by atoms with van der Waals surface area (Å²) in [5.74, 6) is -1.60. The first-order chi connectivity index (χ1) is 11.1. The number of carbonyl (C=O) groups excluding carboxylic acids is 3. The lowest BCUT2D eigenvalue weighted by Gasteiger charge is -2.07. The standard InChI is InChI=1S/C17H14O6/c1-21-16(19)17(20)23-14-7-5-11-8-13(6-4-12(11)9-14)22-15(18)10-2-3-10/h4-10H,2-3H2,1H3. The van der Waals surface area contributed by atoms with Gasteiger partial charge in [0.15, 0.2) is 0 Å². The third kappa shape index (κ3) is 3.48. The maximum absolute atomic E-state index is 11.7. The van der Waals surface area contributed by atoms with E-state index >= 15 is 0 Å². The number of rotatable bonds is 3. The van der Waals surface area contributed by atoms with Crippen LogP contribution in [0.1, 0.15) is 12.8 Å². The van der Waals surface area contributed by atoms with Crippen LogP contribution < -0.4 is 9.47 Å². The SMILES string of the molecule is COC(=O)C(=O)Oc1ccc2cc(OC(=O)C3CC3)ccc2c1. The molecule has 0 amide bonds. The van der Waals surface area contributed by atoms with Crippen LogP contribution in [0.3, 0.4) is 0 Å². The third-order valence-corrected chi connectivity index (χ3v) is 3.47. The van der Waals surface area contributed by atoms with Gasteiger partial charge in [-0.3, -0.25) is 4.79 Å². The van der Waals surface area contributed by atoms with Crippen LogP contribution in [0, 0.1) is 5.92 Å². The zero-order chi connectivity index (χ0) is 16.4. The van der Waals surface area contributed by atoms with Gasteiger partial charge in [0.25, 0.3) is 0 Å². The molecule has 0 atom stereocenters. The Morgan fingerprint density at radius 2 is 1.43 bits per heavy atom. The summed E-state index contributed by atoms with van der Waals surface area (Å²) in [6.45, 7) is 0. The maximum atomic E-state index is 11.7. The van der Waals surface area contributed by atoms with Crippen molar-refractivity contribution in [1.82, 2.24) is 0 Å². The molecule has 0 saturated heterocycles. The molecule has 2 aromatic carbocycles. The number of methoxy groups -OCH3 is 1. The molecule has 6 heteroatoms. The minimum atomic E-state index is -1.08. The molecule has 3 rings (SSSR count). The molecule has 1 fully saturated rings. The van der Waals surface area contributed by atoms with E-state index in [0.717, 1.165) is 30.7 Å².